The van der Waals surface area contributed by atoms with Gasteiger partial charge >= 0.3 is 0 Å². The highest BCUT2D eigenvalue weighted by Crippen LogP contribution is 2.18. The predicted octanol–water partition coefficient (Wildman–Crippen LogP) is 2.65. The van der Waals surface area contributed by atoms with Gasteiger partial charge in [0.15, 0.2) is 0 Å². The van der Waals surface area contributed by atoms with Crippen LogP contribution >= 0.6 is 15.9 Å². The second-order valence-electron chi connectivity index (χ2n) is 4.67. The van der Waals surface area contributed by atoms with Crippen molar-refractivity contribution in [1.82, 2.24) is 5.32 Å². The molecule has 0 saturated carbocycles. The summed E-state index contributed by atoms with van der Waals surface area (Å²) in [5.74, 6) is -0.458. The third-order valence-corrected chi connectivity index (χ3v) is 3.94. The van der Waals surface area contributed by atoms with Crippen LogP contribution in [0.5, 0.6) is 0 Å². The van der Waals surface area contributed by atoms with Gasteiger partial charge in [0.05, 0.1) is 12.5 Å². The van der Waals surface area contributed by atoms with E-state index in [-0.39, 0.29) is 30.6 Å². The predicted molar refractivity (Wildman–Crippen MR) is 76.3 cm³/mol. The lowest BCUT2D eigenvalue weighted by Gasteiger charge is -2.17. The third kappa shape index (κ3) is 5.28. The fraction of sp³-hybridized carbons (Fsp3) is 0.500. The topological polar surface area (TPSA) is 49.3 Å². The number of aliphatic hydroxyl groups is 1. The van der Waals surface area contributed by atoms with Gasteiger partial charge in [-0.1, -0.05) is 36.2 Å². The second kappa shape index (κ2) is 7.60. The molecule has 0 bridgehead atoms. The average molecular weight is 332 g/mol. The van der Waals surface area contributed by atoms with E-state index in [9.17, 15) is 14.3 Å². The fourth-order valence-corrected chi connectivity index (χ4v) is 1.99. The minimum absolute atomic E-state index is 0.0889. The number of benzene rings is 1. The molecule has 1 rings (SSSR count). The molecule has 2 unspecified atom stereocenters. The minimum Gasteiger partial charge on any atom is -0.391 e. The lowest BCUT2D eigenvalue weighted by Crippen LogP contribution is -2.36. The number of aliphatic hydroxyl groups excluding tert-OH is 1. The first kappa shape index (κ1) is 16.1. The molecule has 0 fully saturated rings. The molecule has 106 valence electrons. The Hall–Kier alpha value is -0.940. The molecule has 0 spiro atoms. The Kier molecular flexibility index (Phi) is 6.45. The van der Waals surface area contributed by atoms with E-state index in [0.29, 0.717) is 10.0 Å². The Morgan fingerprint density at radius 1 is 1.53 bits per heavy atom. The van der Waals surface area contributed by atoms with Gasteiger partial charge in [-0.15, -0.1) is 0 Å². The van der Waals surface area contributed by atoms with Crippen LogP contribution in [-0.4, -0.2) is 23.7 Å². The van der Waals surface area contributed by atoms with Crippen molar-refractivity contribution < 1.29 is 14.3 Å². The van der Waals surface area contributed by atoms with E-state index >= 15 is 0 Å². The second-order valence-corrected chi connectivity index (χ2v) is 5.52. The highest BCUT2D eigenvalue weighted by atomic mass is 79.9. The molecule has 5 heteroatoms. The highest BCUT2D eigenvalue weighted by Gasteiger charge is 2.14. The number of nitrogens with one attached hydrogen (secondary N) is 1. The van der Waals surface area contributed by atoms with Crippen molar-refractivity contribution in [1.29, 1.82) is 0 Å². The number of halogens is 2. The Bertz CT molecular complexity index is 439. The van der Waals surface area contributed by atoms with Crippen LogP contribution in [0.25, 0.3) is 0 Å². The van der Waals surface area contributed by atoms with Crippen molar-refractivity contribution in [2.24, 2.45) is 5.92 Å². The summed E-state index contributed by atoms with van der Waals surface area (Å²) in [6, 6.07) is 4.24. The molecule has 0 aliphatic rings. The van der Waals surface area contributed by atoms with Gasteiger partial charge in [0.2, 0.25) is 5.91 Å². The number of amides is 1. The summed E-state index contributed by atoms with van der Waals surface area (Å²) in [4.78, 5) is 11.7. The van der Waals surface area contributed by atoms with Crippen molar-refractivity contribution in [3.63, 3.8) is 0 Å². The molecule has 0 aromatic heterocycles. The number of hydrogen-bond acceptors (Lipinski definition) is 2. The molecular weight excluding hydrogens is 313 g/mol. The largest absolute Gasteiger partial charge is 0.391 e. The van der Waals surface area contributed by atoms with Gasteiger partial charge in [0.1, 0.15) is 5.82 Å². The van der Waals surface area contributed by atoms with Gasteiger partial charge in [0, 0.05) is 11.0 Å². The van der Waals surface area contributed by atoms with E-state index in [1.54, 1.807) is 6.07 Å². The van der Waals surface area contributed by atoms with Crippen molar-refractivity contribution in [3.8, 4) is 0 Å². The molecule has 0 heterocycles. The van der Waals surface area contributed by atoms with E-state index < -0.39 is 6.10 Å². The third-order valence-electron chi connectivity index (χ3n) is 3.17. The summed E-state index contributed by atoms with van der Waals surface area (Å²) in [6.45, 7) is 4.14. The van der Waals surface area contributed by atoms with Gasteiger partial charge in [-0.05, 0) is 29.7 Å². The zero-order chi connectivity index (χ0) is 14.4. The van der Waals surface area contributed by atoms with E-state index in [2.05, 4.69) is 21.2 Å². The summed E-state index contributed by atoms with van der Waals surface area (Å²) < 4.78 is 13.8. The molecular formula is C14H19BrFNO2. The fourth-order valence-electron chi connectivity index (χ4n) is 1.61. The van der Waals surface area contributed by atoms with Crippen molar-refractivity contribution in [2.45, 2.75) is 32.8 Å². The molecule has 1 aromatic rings. The summed E-state index contributed by atoms with van der Waals surface area (Å²) in [6.07, 6.45) is 0.391. The number of carbonyl (C=O) groups excluding carboxylic acids is 1. The molecule has 0 saturated heterocycles. The summed E-state index contributed by atoms with van der Waals surface area (Å²) in [5, 5.41) is 12.4. The molecule has 0 aliphatic carbocycles. The molecule has 1 amide bonds. The maximum Gasteiger partial charge on any atom is 0.224 e. The monoisotopic (exact) mass is 331 g/mol. The number of hydrogen-bond donors (Lipinski definition) is 2. The molecule has 0 radical (unpaired) electrons. The Morgan fingerprint density at radius 3 is 2.84 bits per heavy atom. The summed E-state index contributed by atoms with van der Waals surface area (Å²) >= 11 is 3.28. The summed E-state index contributed by atoms with van der Waals surface area (Å²) in [7, 11) is 0. The lowest BCUT2D eigenvalue weighted by atomic mass is 10.0. The van der Waals surface area contributed by atoms with Crippen LogP contribution in [0.1, 0.15) is 25.8 Å². The molecule has 2 N–H and O–H groups in total. The highest BCUT2D eigenvalue weighted by molar-refractivity contribution is 9.10. The zero-order valence-electron chi connectivity index (χ0n) is 11.1. The number of rotatable bonds is 6. The maximum absolute atomic E-state index is 13.1. The Balaban J connectivity index is 2.49. The van der Waals surface area contributed by atoms with Crippen LogP contribution in [0.3, 0.4) is 0 Å². The lowest BCUT2D eigenvalue weighted by molar-refractivity contribution is -0.121. The van der Waals surface area contributed by atoms with Crippen molar-refractivity contribution in [2.75, 3.05) is 6.54 Å². The Morgan fingerprint density at radius 2 is 2.21 bits per heavy atom. The first-order chi connectivity index (χ1) is 8.93. The summed E-state index contributed by atoms with van der Waals surface area (Å²) in [5.41, 5.74) is 0.593. The molecule has 1 aromatic carbocycles. The van der Waals surface area contributed by atoms with Crippen LogP contribution in [-0.2, 0) is 11.2 Å². The number of carbonyl (C=O) groups is 1. The Labute approximate surface area is 121 Å². The molecule has 2 atom stereocenters. The van der Waals surface area contributed by atoms with Gasteiger partial charge in [0.25, 0.3) is 0 Å². The van der Waals surface area contributed by atoms with Gasteiger partial charge in [-0.2, -0.15) is 0 Å². The average Bonchev–Trinajstić information content (AvgIpc) is 2.39. The van der Waals surface area contributed by atoms with Gasteiger partial charge in [-0.25, -0.2) is 4.39 Å². The SMILES string of the molecule is CCC(C)C(O)CNC(=O)Cc1cc(F)ccc1Br. The van der Waals surface area contributed by atoms with E-state index in [4.69, 9.17) is 0 Å². The molecule has 19 heavy (non-hydrogen) atoms. The van der Waals surface area contributed by atoms with Gasteiger partial charge in [-0.3, -0.25) is 4.79 Å². The quantitative estimate of drug-likeness (QED) is 0.841. The van der Waals surface area contributed by atoms with Crippen LogP contribution in [0.4, 0.5) is 4.39 Å². The smallest absolute Gasteiger partial charge is 0.224 e. The maximum atomic E-state index is 13.1. The molecule has 3 nitrogen and oxygen atoms in total. The minimum atomic E-state index is -0.551. The van der Waals surface area contributed by atoms with Crippen LogP contribution in [0.2, 0.25) is 0 Å². The van der Waals surface area contributed by atoms with Crippen LogP contribution in [0, 0.1) is 11.7 Å². The standard InChI is InChI=1S/C14H19BrFNO2/c1-3-9(2)13(18)8-17-14(19)7-10-6-11(16)4-5-12(10)15/h4-6,9,13,18H,3,7-8H2,1-2H3,(H,17,19). The van der Waals surface area contributed by atoms with E-state index in [1.165, 1.54) is 12.1 Å². The first-order valence-electron chi connectivity index (χ1n) is 6.32. The van der Waals surface area contributed by atoms with Crippen LogP contribution < -0.4 is 5.32 Å². The van der Waals surface area contributed by atoms with Crippen molar-refractivity contribution >= 4 is 21.8 Å². The molecule has 0 aliphatic heterocycles. The van der Waals surface area contributed by atoms with Crippen molar-refractivity contribution in [3.05, 3.63) is 34.1 Å². The van der Waals surface area contributed by atoms with E-state index in [0.717, 1.165) is 6.42 Å². The first-order valence-corrected chi connectivity index (χ1v) is 7.12. The normalized spacial score (nSPS) is 13.9. The van der Waals surface area contributed by atoms with E-state index in [1.807, 2.05) is 13.8 Å². The van der Waals surface area contributed by atoms with Gasteiger partial charge < -0.3 is 10.4 Å². The zero-order valence-corrected chi connectivity index (χ0v) is 12.7. The van der Waals surface area contributed by atoms with Crippen LogP contribution in [0.15, 0.2) is 22.7 Å².